The van der Waals surface area contributed by atoms with Crippen LogP contribution in [-0.2, 0) is 0 Å². The molecule has 1 unspecified atom stereocenters. The molecule has 0 amide bonds. The number of hydrogen-bond donors (Lipinski definition) is 1. The van der Waals surface area contributed by atoms with E-state index in [4.69, 9.17) is 4.42 Å². The second-order valence-electron chi connectivity index (χ2n) is 3.79. The SMILES string of the molecule is Cc1csc(SCCNC(C)c2ccco2)n1. The number of thiazole rings is 1. The minimum Gasteiger partial charge on any atom is -0.468 e. The largest absolute Gasteiger partial charge is 0.468 e. The van der Waals surface area contributed by atoms with E-state index in [1.54, 1.807) is 29.4 Å². The van der Waals surface area contributed by atoms with E-state index in [0.29, 0.717) is 0 Å². The number of aryl methyl sites for hydroxylation is 1. The Balaban J connectivity index is 1.66. The summed E-state index contributed by atoms with van der Waals surface area (Å²) in [7, 11) is 0. The highest BCUT2D eigenvalue weighted by atomic mass is 32.2. The van der Waals surface area contributed by atoms with Crippen LogP contribution in [0, 0.1) is 6.92 Å². The Hall–Kier alpha value is -0.780. The maximum atomic E-state index is 5.33. The summed E-state index contributed by atoms with van der Waals surface area (Å²) in [6, 6.07) is 4.18. The molecule has 1 N–H and O–H groups in total. The van der Waals surface area contributed by atoms with Crippen LogP contribution < -0.4 is 5.32 Å². The number of nitrogens with one attached hydrogen (secondary N) is 1. The molecule has 2 aromatic heterocycles. The monoisotopic (exact) mass is 268 g/mol. The minimum absolute atomic E-state index is 0.267. The molecular weight excluding hydrogens is 252 g/mol. The van der Waals surface area contributed by atoms with Gasteiger partial charge in [0.2, 0.25) is 0 Å². The summed E-state index contributed by atoms with van der Waals surface area (Å²) in [5.41, 5.74) is 1.11. The van der Waals surface area contributed by atoms with Gasteiger partial charge >= 0.3 is 0 Å². The van der Waals surface area contributed by atoms with E-state index in [0.717, 1.165) is 28.1 Å². The molecule has 0 spiro atoms. The average Bonchev–Trinajstić information content (AvgIpc) is 2.95. The molecule has 0 fully saturated rings. The molecule has 0 aliphatic rings. The first kappa shape index (κ1) is 12.7. The number of thioether (sulfide) groups is 1. The summed E-state index contributed by atoms with van der Waals surface area (Å²) in [5.74, 6) is 2.01. The average molecular weight is 268 g/mol. The fraction of sp³-hybridized carbons (Fsp3) is 0.417. The van der Waals surface area contributed by atoms with Gasteiger partial charge in [-0.05, 0) is 26.0 Å². The fourth-order valence-electron chi connectivity index (χ4n) is 1.45. The zero-order valence-electron chi connectivity index (χ0n) is 9.97. The van der Waals surface area contributed by atoms with E-state index in [9.17, 15) is 0 Å². The predicted octanol–water partition coefficient (Wildman–Crippen LogP) is 3.49. The standard InChI is InChI=1S/C12H16N2OS2/c1-9-8-17-12(14-9)16-7-5-13-10(2)11-4-3-6-15-11/h3-4,6,8,10,13H,5,7H2,1-2H3. The third-order valence-corrected chi connectivity index (χ3v) is 4.49. The van der Waals surface area contributed by atoms with Crippen LogP contribution in [0.15, 0.2) is 32.5 Å². The highest BCUT2D eigenvalue weighted by molar-refractivity contribution is 8.01. The Morgan fingerprint density at radius 3 is 3.12 bits per heavy atom. The van der Waals surface area contributed by atoms with Gasteiger partial charge in [0.25, 0.3) is 0 Å². The molecule has 2 rings (SSSR count). The summed E-state index contributed by atoms with van der Waals surface area (Å²) in [6.45, 7) is 5.08. The highest BCUT2D eigenvalue weighted by Gasteiger charge is 2.06. The lowest BCUT2D eigenvalue weighted by Crippen LogP contribution is -2.20. The van der Waals surface area contributed by atoms with E-state index in [1.807, 2.05) is 19.1 Å². The van der Waals surface area contributed by atoms with Crippen LogP contribution in [0.25, 0.3) is 0 Å². The molecule has 3 nitrogen and oxygen atoms in total. The number of nitrogens with zero attached hydrogens (tertiary/aromatic N) is 1. The first-order valence-corrected chi connectivity index (χ1v) is 7.44. The first-order chi connectivity index (χ1) is 8.25. The van der Waals surface area contributed by atoms with E-state index >= 15 is 0 Å². The molecule has 92 valence electrons. The first-order valence-electron chi connectivity index (χ1n) is 5.57. The van der Waals surface area contributed by atoms with Crippen LogP contribution in [0.4, 0.5) is 0 Å². The van der Waals surface area contributed by atoms with Gasteiger partial charge in [0.15, 0.2) is 0 Å². The summed E-state index contributed by atoms with van der Waals surface area (Å²) in [4.78, 5) is 4.41. The second kappa shape index (κ2) is 6.23. The molecule has 0 saturated carbocycles. The molecule has 5 heteroatoms. The van der Waals surface area contributed by atoms with Crippen molar-refractivity contribution in [2.24, 2.45) is 0 Å². The van der Waals surface area contributed by atoms with Crippen LogP contribution in [-0.4, -0.2) is 17.3 Å². The lowest BCUT2D eigenvalue weighted by atomic mass is 10.2. The van der Waals surface area contributed by atoms with Gasteiger partial charge in [0, 0.05) is 23.4 Å². The smallest absolute Gasteiger partial charge is 0.150 e. The molecule has 2 aromatic rings. The van der Waals surface area contributed by atoms with Crippen molar-refractivity contribution < 1.29 is 4.42 Å². The molecule has 0 aliphatic heterocycles. The third-order valence-electron chi connectivity index (χ3n) is 2.35. The van der Waals surface area contributed by atoms with Crippen LogP contribution >= 0.6 is 23.1 Å². The van der Waals surface area contributed by atoms with Gasteiger partial charge < -0.3 is 9.73 Å². The molecular formula is C12H16N2OS2. The summed E-state index contributed by atoms with van der Waals surface area (Å²) in [6.07, 6.45) is 1.71. The molecule has 0 bridgehead atoms. The number of aromatic nitrogens is 1. The van der Waals surface area contributed by atoms with Gasteiger partial charge in [-0.25, -0.2) is 4.98 Å². The van der Waals surface area contributed by atoms with Crippen LogP contribution in [0.2, 0.25) is 0 Å². The molecule has 0 radical (unpaired) electrons. The summed E-state index contributed by atoms with van der Waals surface area (Å²) >= 11 is 3.51. The van der Waals surface area contributed by atoms with Crippen LogP contribution in [0.3, 0.4) is 0 Å². The number of rotatable bonds is 6. The van der Waals surface area contributed by atoms with Gasteiger partial charge in [-0.2, -0.15) is 0 Å². The fourth-order valence-corrected chi connectivity index (χ4v) is 3.24. The van der Waals surface area contributed by atoms with Crippen molar-refractivity contribution in [3.8, 4) is 0 Å². The lowest BCUT2D eigenvalue weighted by Gasteiger charge is -2.10. The van der Waals surface area contributed by atoms with Crippen molar-refractivity contribution in [2.75, 3.05) is 12.3 Å². The normalized spacial score (nSPS) is 12.8. The van der Waals surface area contributed by atoms with Gasteiger partial charge in [0.1, 0.15) is 10.1 Å². The van der Waals surface area contributed by atoms with Crippen molar-refractivity contribution in [1.82, 2.24) is 10.3 Å². The van der Waals surface area contributed by atoms with Gasteiger partial charge in [-0.3, -0.25) is 0 Å². The van der Waals surface area contributed by atoms with E-state index in [-0.39, 0.29) is 6.04 Å². The maximum absolute atomic E-state index is 5.33. The van der Waals surface area contributed by atoms with Crippen molar-refractivity contribution >= 4 is 23.1 Å². The van der Waals surface area contributed by atoms with Crippen molar-refractivity contribution in [2.45, 2.75) is 24.2 Å². The second-order valence-corrected chi connectivity index (χ2v) is 5.99. The van der Waals surface area contributed by atoms with E-state index < -0.39 is 0 Å². The van der Waals surface area contributed by atoms with E-state index in [2.05, 4.69) is 22.6 Å². The molecule has 17 heavy (non-hydrogen) atoms. The quantitative estimate of drug-likeness (QED) is 0.643. The van der Waals surface area contributed by atoms with Gasteiger partial charge in [-0.15, -0.1) is 11.3 Å². The highest BCUT2D eigenvalue weighted by Crippen LogP contribution is 2.21. The van der Waals surface area contributed by atoms with Gasteiger partial charge in [0.05, 0.1) is 12.3 Å². The molecule has 0 aliphatic carbocycles. The Morgan fingerprint density at radius 1 is 1.59 bits per heavy atom. The molecule has 0 aromatic carbocycles. The Morgan fingerprint density at radius 2 is 2.47 bits per heavy atom. The Kier molecular flexibility index (Phi) is 4.65. The topological polar surface area (TPSA) is 38.1 Å². The van der Waals surface area contributed by atoms with E-state index in [1.165, 1.54) is 0 Å². The number of hydrogen-bond acceptors (Lipinski definition) is 5. The minimum atomic E-state index is 0.267. The van der Waals surface area contributed by atoms with Crippen LogP contribution in [0.5, 0.6) is 0 Å². The Labute approximate surface area is 110 Å². The molecule has 1 atom stereocenters. The van der Waals surface area contributed by atoms with Crippen molar-refractivity contribution in [1.29, 1.82) is 0 Å². The van der Waals surface area contributed by atoms with Crippen molar-refractivity contribution in [3.63, 3.8) is 0 Å². The number of furan rings is 1. The zero-order valence-corrected chi connectivity index (χ0v) is 11.6. The molecule has 0 saturated heterocycles. The van der Waals surface area contributed by atoms with Gasteiger partial charge in [-0.1, -0.05) is 11.8 Å². The van der Waals surface area contributed by atoms with Crippen LogP contribution in [0.1, 0.15) is 24.4 Å². The maximum Gasteiger partial charge on any atom is 0.150 e. The predicted molar refractivity (Wildman–Crippen MR) is 72.7 cm³/mol. The Bertz CT molecular complexity index is 439. The molecule has 2 heterocycles. The summed E-state index contributed by atoms with van der Waals surface area (Å²) < 4.78 is 6.48. The van der Waals surface area contributed by atoms with Crippen molar-refractivity contribution in [3.05, 3.63) is 35.2 Å². The zero-order chi connectivity index (χ0) is 12.1. The third kappa shape index (κ3) is 3.87. The lowest BCUT2D eigenvalue weighted by molar-refractivity contribution is 0.438. The summed E-state index contributed by atoms with van der Waals surface area (Å²) in [5, 5.41) is 5.51.